The Hall–Kier alpha value is -1.37. The van der Waals surface area contributed by atoms with Crippen molar-refractivity contribution < 1.29 is 33.8 Å². The van der Waals surface area contributed by atoms with E-state index in [9.17, 15) is 9.59 Å². The fraction of sp³-hybridized carbons (Fsp3) is 0.333. The first-order valence-electron chi connectivity index (χ1n) is 3.47. The van der Waals surface area contributed by atoms with Gasteiger partial charge in [-0.1, -0.05) is 6.58 Å². The molecule has 0 aliphatic heterocycles. The molecule has 0 aliphatic carbocycles. The Morgan fingerprint density at radius 2 is 1.80 bits per heavy atom. The van der Waals surface area contributed by atoms with Gasteiger partial charge in [0.1, 0.15) is 0 Å². The van der Waals surface area contributed by atoms with Crippen LogP contribution in [0, 0.1) is 0 Å². The summed E-state index contributed by atoms with van der Waals surface area (Å²) in [4.78, 5) is 33.2. The number of hydrogen-bond donors (Lipinski definition) is 4. The van der Waals surface area contributed by atoms with E-state index in [0.717, 1.165) is 6.08 Å². The van der Waals surface area contributed by atoms with Crippen molar-refractivity contribution in [1.29, 1.82) is 0 Å². The van der Waals surface area contributed by atoms with Gasteiger partial charge in [-0.05, 0) is 6.92 Å². The molecule has 0 unspecified atom stereocenters. The van der Waals surface area contributed by atoms with Crippen LogP contribution >= 0.6 is 8.25 Å². The third-order valence-corrected chi connectivity index (χ3v) is 0.461. The summed E-state index contributed by atoms with van der Waals surface area (Å²) in [5, 5.41) is 7.60. The maximum absolute atomic E-state index is 9.60. The number of hydrogen-bond acceptors (Lipinski definition) is 4. The second kappa shape index (κ2) is 15.1. The largest absolute Gasteiger partial charge is 0.478 e. The summed E-state index contributed by atoms with van der Waals surface area (Å²) in [5.41, 5.74) is 4.54. The lowest BCUT2D eigenvalue weighted by molar-refractivity contribution is -0.131. The minimum Gasteiger partial charge on any atom is -0.478 e. The average Bonchev–Trinajstić information content (AvgIpc) is 2.03. The number of rotatable bonds is 2. The molecule has 0 aromatic heterocycles. The van der Waals surface area contributed by atoms with Crippen molar-refractivity contribution in [2.24, 2.45) is 5.73 Å². The number of amides is 1. The minimum atomic E-state index is -3.13. The van der Waals surface area contributed by atoms with E-state index in [0.29, 0.717) is 6.61 Å². The fourth-order valence-electron chi connectivity index (χ4n) is 0.142. The Labute approximate surface area is 86.9 Å². The fourth-order valence-corrected chi connectivity index (χ4v) is 0.142. The molecule has 0 spiro atoms. The lowest BCUT2D eigenvalue weighted by Crippen LogP contribution is -2.11. The molecule has 0 aromatic rings. The van der Waals surface area contributed by atoms with E-state index in [4.69, 9.17) is 19.5 Å². The van der Waals surface area contributed by atoms with Crippen LogP contribution in [0.15, 0.2) is 12.7 Å². The van der Waals surface area contributed by atoms with Gasteiger partial charge < -0.3 is 25.4 Å². The molecule has 9 heteroatoms. The Bertz CT molecular complexity index is 214. The molecule has 8 nitrogen and oxygen atoms in total. The lowest BCUT2D eigenvalue weighted by atomic mass is 10.7. The van der Waals surface area contributed by atoms with Gasteiger partial charge in [-0.15, -0.1) is 0 Å². The predicted octanol–water partition coefficient (Wildman–Crippen LogP) is -0.281. The zero-order chi connectivity index (χ0) is 12.9. The number of carboxylic acid groups (broad SMARTS) is 1. The summed E-state index contributed by atoms with van der Waals surface area (Å²) >= 11 is 0. The quantitative estimate of drug-likeness (QED) is 0.385. The summed E-state index contributed by atoms with van der Waals surface area (Å²) in [6.07, 6.45) is 0.123. The van der Waals surface area contributed by atoms with E-state index < -0.39 is 20.3 Å². The molecular weight excluding hydrogens is 229 g/mol. The molecule has 0 atom stereocenters. The van der Waals surface area contributed by atoms with Crippen LogP contribution in [0.5, 0.6) is 0 Å². The molecule has 5 N–H and O–H groups in total. The molecule has 0 radical (unpaired) electrons. The summed E-state index contributed by atoms with van der Waals surface area (Å²) in [7, 11) is -3.13. The Kier molecular flexibility index (Phi) is 19.4. The molecular formula is C6H14NO7P. The zero-order valence-corrected chi connectivity index (χ0v) is 9.04. The highest BCUT2D eigenvalue weighted by atomic mass is 31.1. The number of primary amides is 1. The van der Waals surface area contributed by atoms with E-state index in [1.165, 1.54) is 0 Å². The third kappa shape index (κ3) is 108. The SMILES string of the molecule is C=CC(=O)O.CCOC(N)=O.O=[PH](O)O. The van der Waals surface area contributed by atoms with Gasteiger partial charge in [0.25, 0.3) is 0 Å². The van der Waals surface area contributed by atoms with Gasteiger partial charge in [-0.3, -0.25) is 4.57 Å². The zero-order valence-electron chi connectivity index (χ0n) is 8.04. The number of carbonyl (C=O) groups excluding carboxylic acids is 1. The predicted molar refractivity (Wildman–Crippen MR) is 52.5 cm³/mol. The van der Waals surface area contributed by atoms with Crippen LogP contribution in [0.1, 0.15) is 6.92 Å². The number of carbonyl (C=O) groups is 2. The van der Waals surface area contributed by atoms with Gasteiger partial charge in [0.15, 0.2) is 0 Å². The molecule has 0 fully saturated rings. The van der Waals surface area contributed by atoms with Gasteiger partial charge in [0, 0.05) is 6.08 Å². The molecule has 1 amide bonds. The molecule has 0 aromatic carbocycles. The molecule has 0 saturated heterocycles. The number of ether oxygens (including phenoxy) is 1. The maximum Gasteiger partial charge on any atom is 0.404 e. The van der Waals surface area contributed by atoms with Crippen LogP contribution < -0.4 is 5.73 Å². The van der Waals surface area contributed by atoms with Crippen LogP contribution in [0.25, 0.3) is 0 Å². The van der Waals surface area contributed by atoms with Gasteiger partial charge in [-0.25, -0.2) is 9.59 Å². The second-order valence-corrected chi connectivity index (χ2v) is 2.14. The summed E-state index contributed by atoms with van der Waals surface area (Å²) < 4.78 is 12.9. The van der Waals surface area contributed by atoms with Crippen LogP contribution in [0.2, 0.25) is 0 Å². The standard InChI is InChI=1S/C3H7NO2.C3H4O2.H3O3P/c1-2-6-3(4)5;1-2-3(4)5;1-4(2)3/h2H2,1H3,(H2,4,5);2H,1H2,(H,4,5);4H,(H2,1,2,3). The normalized spacial score (nSPS) is 7.47. The monoisotopic (exact) mass is 243 g/mol. The van der Waals surface area contributed by atoms with Crippen molar-refractivity contribution in [3.05, 3.63) is 12.7 Å². The number of nitrogens with two attached hydrogens (primary N) is 1. The Morgan fingerprint density at radius 1 is 1.53 bits per heavy atom. The van der Waals surface area contributed by atoms with Gasteiger partial charge >= 0.3 is 20.3 Å². The first kappa shape index (κ1) is 19.2. The van der Waals surface area contributed by atoms with Crippen molar-refractivity contribution in [2.75, 3.05) is 6.61 Å². The average molecular weight is 243 g/mol. The molecule has 15 heavy (non-hydrogen) atoms. The van der Waals surface area contributed by atoms with Crippen molar-refractivity contribution in [3.63, 3.8) is 0 Å². The van der Waals surface area contributed by atoms with Crippen molar-refractivity contribution >= 4 is 20.3 Å². The Morgan fingerprint density at radius 3 is 1.80 bits per heavy atom. The third-order valence-electron chi connectivity index (χ3n) is 0.461. The van der Waals surface area contributed by atoms with E-state index in [1.807, 2.05) is 0 Å². The van der Waals surface area contributed by atoms with Gasteiger partial charge in [-0.2, -0.15) is 0 Å². The highest BCUT2D eigenvalue weighted by Crippen LogP contribution is 1.98. The summed E-state index contributed by atoms with van der Waals surface area (Å²) in [5.74, 6) is -0.981. The Balaban J connectivity index is -0.000000147. The van der Waals surface area contributed by atoms with Gasteiger partial charge in [0.2, 0.25) is 0 Å². The summed E-state index contributed by atoms with van der Waals surface area (Å²) in [6, 6.07) is 0. The highest BCUT2D eigenvalue weighted by molar-refractivity contribution is 7.30. The van der Waals surface area contributed by atoms with Crippen molar-refractivity contribution in [3.8, 4) is 0 Å². The van der Waals surface area contributed by atoms with E-state index in [-0.39, 0.29) is 0 Å². The van der Waals surface area contributed by atoms with Crippen molar-refractivity contribution in [2.45, 2.75) is 6.92 Å². The molecule has 0 heterocycles. The number of carboxylic acids is 1. The second-order valence-electron chi connectivity index (χ2n) is 1.58. The summed E-state index contributed by atoms with van der Waals surface area (Å²) in [6.45, 7) is 5.02. The maximum atomic E-state index is 9.60. The molecule has 0 rings (SSSR count). The van der Waals surface area contributed by atoms with Crippen molar-refractivity contribution in [1.82, 2.24) is 0 Å². The molecule has 0 saturated carbocycles. The van der Waals surface area contributed by atoms with E-state index >= 15 is 0 Å². The lowest BCUT2D eigenvalue weighted by Gasteiger charge is -1.89. The van der Waals surface area contributed by atoms with Crippen LogP contribution in [0.3, 0.4) is 0 Å². The molecule has 90 valence electrons. The number of aliphatic carboxylic acids is 1. The molecule has 0 aliphatic rings. The smallest absolute Gasteiger partial charge is 0.404 e. The molecule has 0 bridgehead atoms. The van der Waals surface area contributed by atoms with E-state index in [2.05, 4.69) is 17.0 Å². The van der Waals surface area contributed by atoms with Gasteiger partial charge in [0.05, 0.1) is 6.61 Å². The minimum absolute atomic E-state index is 0.356. The van der Waals surface area contributed by atoms with Crippen LogP contribution in [-0.2, 0) is 14.1 Å². The first-order valence-corrected chi connectivity index (χ1v) is 4.77. The highest BCUT2D eigenvalue weighted by Gasteiger charge is 1.82. The topological polar surface area (TPSA) is 147 Å². The first-order chi connectivity index (χ1) is 6.77. The van der Waals surface area contributed by atoms with E-state index in [1.54, 1.807) is 6.92 Å². The van der Waals surface area contributed by atoms with Crippen LogP contribution in [0.4, 0.5) is 4.79 Å². The van der Waals surface area contributed by atoms with Crippen LogP contribution in [-0.4, -0.2) is 33.6 Å².